The van der Waals surface area contributed by atoms with Gasteiger partial charge < -0.3 is 5.11 Å². The molecule has 0 heterocycles. The molecule has 0 aliphatic rings. The van der Waals surface area contributed by atoms with Gasteiger partial charge in [0, 0.05) is 0 Å². The minimum atomic E-state index is -1.50. The minimum Gasteiger partial charge on any atom is -0.477 e. The molecule has 1 N–H and O–H groups in total. The number of rotatable bonds is 3. The van der Waals surface area contributed by atoms with E-state index in [0.29, 0.717) is 6.07 Å². The van der Waals surface area contributed by atoms with Crippen LogP contribution >= 0.6 is 22.6 Å². The summed E-state index contributed by atoms with van der Waals surface area (Å²) in [5.74, 6) is -1.50. The molecule has 0 aliphatic carbocycles. The third kappa shape index (κ3) is 2.24. The van der Waals surface area contributed by atoms with E-state index >= 15 is 0 Å². The molecule has 0 amide bonds. The van der Waals surface area contributed by atoms with Crippen molar-refractivity contribution in [2.24, 2.45) is 0 Å². The summed E-state index contributed by atoms with van der Waals surface area (Å²) in [4.78, 5) is 29.9. The highest BCUT2D eigenvalue weighted by atomic mass is 127. The van der Waals surface area contributed by atoms with Crippen LogP contribution in [-0.2, 0) is 0 Å². The third-order valence-corrected chi connectivity index (χ3v) is 2.55. The highest BCUT2D eigenvalue weighted by molar-refractivity contribution is 14.1. The van der Waals surface area contributed by atoms with Gasteiger partial charge in [-0.3, -0.25) is 20.2 Å². The number of hydrogen-bond acceptors (Lipinski definition) is 5. The summed E-state index contributed by atoms with van der Waals surface area (Å²) in [6, 6.07) is 1.55. The zero-order chi connectivity index (χ0) is 12.5. The van der Waals surface area contributed by atoms with E-state index in [-0.39, 0.29) is 3.57 Å². The van der Waals surface area contributed by atoms with Gasteiger partial charge in [0.1, 0.15) is 5.56 Å². The van der Waals surface area contributed by atoms with E-state index in [9.17, 15) is 25.0 Å². The number of benzene rings is 1. The Kier molecular flexibility index (Phi) is 3.37. The van der Waals surface area contributed by atoms with Crippen LogP contribution in [0, 0.1) is 23.8 Å². The topological polar surface area (TPSA) is 124 Å². The van der Waals surface area contributed by atoms with Crippen LogP contribution < -0.4 is 0 Å². The van der Waals surface area contributed by atoms with Crippen molar-refractivity contribution in [3.63, 3.8) is 0 Å². The van der Waals surface area contributed by atoms with Gasteiger partial charge in [0.15, 0.2) is 0 Å². The average Bonchev–Trinajstić information content (AvgIpc) is 2.15. The van der Waals surface area contributed by atoms with Crippen molar-refractivity contribution in [2.75, 3.05) is 0 Å². The molecule has 84 valence electrons. The van der Waals surface area contributed by atoms with Crippen LogP contribution in [0.25, 0.3) is 0 Å². The van der Waals surface area contributed by atoms with Gasteiger partial charge in [0.25, 0.3) is 11.4 Å². The van der Waals surface area contributed by atoms with E-state index in [2.05, 4.69) is 0 Å². The number of nitro benzene ring substituents is 2. The van der Waals surface area contributed by atoms with Crippen LogP contribution in [0.4, 0.5) is 11.4 Å². The Morgan fingerprint density at radius 1 is 1.19 bits per heavy atom. The Labute approximate surface area is 101 Å². The van der Waals surface area contributed by atoms with E-state index in [1.54, 1.807) is 22.6 Å². The number of nitro groups is 2. The molecule has 0 aliphatic heterocycles. The molecule has 0 aromatic heterocycles. The molecule has 9 heteroatoms. The van der Waals surface area contributed by atoms with Crippen molar-refractivity contribution >= 4 is 39.9 Å². The molecule has 1 aromatic rings. The molecule has 0 saturated heterocycles. The fourth-order valence-corrected chi connectivity index (χ4v) is 1.68. The molecule has 0 bridgehead atoms. The number of carbonyl (C=O) groups is 1. The van der Waals surface area contributed by atoms with Gasteiger partial charge >= 0.3 is 5.97 Å². The van der Waals surface area contributed by atoms with Crippen LogP contribution in [-0.4, -0.2) is 20.9 Å². The van der Waals surface area contributed by atoms with Crippen molar-refractivity contribution in [2.45, 2.75) is 0 Å². The Bertz CT molecular complexity index is 500. The summed E-state index contributed by atoms with van der Waals surface area (Å²) in [5, 5.41) is 29.7. The summed E-state index contributed by atoms with van der Waals surface area (Å²) in [6.07, 6.45) is 0. The second-order valence-electron chi connectivity index (χ2n) is 2.64. The number of hydrogen-bond donors (Lipinski definition) is 1. The van der Waals surface area contributed by atoms with Crippen LogP contribution in [0.15, 0.2) is 12.1 Å². The van der Waals surface area contributed by atoms with Gasteiger partial charge in [-0.15, -0.1) is 0 Å². The molecular weight excluding hydrogens is 335 g/mol. The van der Waals surface area contributed by atoms with Crippen LogP contribution in [0.1, 0.15) is 10.4 Å². The standard InChI is InChI=1S/C7H3IN2O6/c8-4-1-3(7(11)12)5(9(13)14)2-6(4)10(15)16/h1-2H,(H,11,12). The van der Waals surface area contributed by atoms with E-state index in [1.807, 2.05) is 0 Å². The van der Waals surface area contributed by atoms with Gasteiger partial charge in [-0.25, -0.2) is 4.79 Å². The minimum absolute atomic E-state index is 0.0330. The lowest BCUT2D eigenvalue weighted by Crippen LogP contribution is -2.05. The highest BCUT2D eigenvalue weighted by Gasteiger charge is 2.26. The predicted molar refractivity (Wildman–Crippen MR) is 59.4 cm³/mol. The zero-order valence-electron chi connectivity index (χ0n) is 7.42. The van der Waals surface area contributed by atoms with E-state index < -0.39 is 32.8 Å². The number of carboxylic acid groups (broad SMARTS) is 1. The summed E-state index contributed by atoms with van der Waals surface area (Å²) in [6.45, 7) is 0. The summed E-state index contributed by atoms with van der Waals surface area (Å²) in [5.41, 5.74) is -1.85. The Balaban J connectivity index is 3.55. The normalized spacial score (nSPS) is 9.81. The van der Waals surface area contributed by atoms with Gasteiger partial charge in [0.2, 0.25) is 0 Å². The number of nitrogens with zero attached hydrogens (tertiary/aromatic N) is 2. The maximum atomic E-state index is 10.7. The molecule has 1 rings (SSSR count). The largest absolute Gasteiger partial charge is 0.477 e. The summed E-state index contributed by atoms with van der Waals surface area (Å²) in [7, 11) is 0. The fourth-order valence-electron chi connectivity index (χ4n) is 1.01. The lowest BCUT2D eigenvalue weighted by molar-refractivity contribution is -0.394. The Morgan fingerprint density at radius 3 is 2.06 bits per heavy atom. The van der Waals surface area contributed by atoms with E-state index in [0.717, 1.165) is 6.07 Å². The monoisotopic (exact) mass is 338 g/mol. The first-order chi connectivity index (χ1) is 7.34. The number of carboxylic acids is 1. The molecule has 0 radical (unpaired) electrons. The van der Waals surface area contributed by atoms with E-state index in [4.69, 9.17) is 5.11 Å². The summed E-state index contributed by atoms with van der Waals surface area (Å²) >= 11 is 1.55. The molecule has 8 nitrogen and oxygen atoms in total. The molecule has 16 heavy (non-hydrogen) atoms. The lowest BCUT2D eigenvalue weighted by atomic mass is 10.1. The molecular formula is C7H3IN2O6. The quantitative estimate of drug-likeness (QED) is 0.509. The zero-order valence-corrected chi connectivity index (χ0v) is 9.57. The van der Waals surface area contributed by atoms with Gasteiger partial charge in [-0.05, 0) is 28.7 Å². The fraction of sp³-hybridized carbons (Fsp3) is 0. The van der Waals surface area contributed by atoms with Gasteiger partial charge in [0.05, 0.1) is 19.5 Å². The summed E-state index contributed by atoms with van der Waals surface area (Å²) < 4.78 is 0.0330. The maximum absolute atomic E-state index is 10.7. The van der Waals surface area contributed by atoms with Gasteiger partial charge in [-0.1, -0.05) is 0 Å². The molecule has 0 atom stereocenters. The first-order valence-corrected chi connectivity index (χ1v) is 4.78. The second-order valence-corrected chi connectivity index (χ2v) is 3.80. The molecule has 0 unspecified atom stereocenters. The number of halogens is 1. The first kappa shape index (κ1) is 12.3. The lowest BCUT2D eigenvalue weighted by Gasteiger charge is -2.00. The van der Waals surface area contributed by atoms with Crippen molar-refractivity contribution in [1.29, 1.82) is 0 Å². The Hall–Kier alpha value is -1.78. The highest BCUT2D eigenvalue weighted by Crippen LogP contribution is 2.29. The first-order valence-electron chi connectivity index (χ1n) is 3.70. The van der Waals surface area contributed by atoms with Crippen molar-refractivity contribution in [3.05, 3.63) is 41.5 Å². The Morgan fingerprint density at radius 2 is 1.69 bits per heavy atom. The van der Waals surface area contributed by atoms with E-state index in [1.165, 1.54) is 0 Å². The SMILES string of the molecule is O=C(O)c1cc(I)c([N+](=O)[O-])cc1[N+](=O)[O-]. The molecule has 0 fully saturated rings. The van der Waals surface area contributed by atoms with Crippen LogP contribution in [0.2, 0.25) is 0 Å². The maximum Gasteiger partial charge on any atom is 0.342 e. The molecule has 1 aromatic carbocycles. The third-order valence-electron chi connectivity index (χ3n) is 1.69. The molecule has 0 saturated carbocycles. The van der Waals surface area contributed by atoms with Crippen LogP contribution in [0.3, 0.4) is 0 Å². The predicted octanol–water partition coefficient (Wildman–Crippen LogP) is 1.81. The average molecular weight is 338 g/mol. The van der Waals surface area contributed by atoms with Crippen molar-refractivity contribution in [3.8, 4) is 0 Å². The number of aromatic carboxylic acids is 1. The van der Waals surface area contributed by atoms with Crippen molar-refractivity contribution < 1.29 is 19.7 Å². The molecule has 0 spiro atoms. The smallest absolute Gasteiger partial charge is 0.342 e. The second kappa shape index (κ2) is 4.38. The van der Waals surface area contributed by atoms with Crippen molar-refractivity contribution in [1.82, 2.24) is 0 Å². The van der Waals surface area contributed by atoms with Crippen LogP contribution in [0.5, 0.6) is 0 Å². The van der Waals surface area contributed by atoms with Gasteiger partial charge in [-0.2, -0.15) is 0 Å².